The first-order valence-electron chi connectivity index (χ1n) is 6.36. The third-order valence-electron chi connectivity index (χ3n) is 3.17. The van der Waals surface area contributed by atoms with E-state index >= 15 is 0 Å². The van der Waals surface area contributed by atoms with Crippen LogP contribution in [0.5, 0.6) is 0 Å². The number of carbonyl (C=O) groups is 1. The van der Waals surface area contributed by atoms with E-state index < -0.39 is 5.54 Å². The quantitative estimate of drug-likeness (QED) is 0.776. The molecule has 19 heavy (non-hydrogen) atoms. The highest BCUT2D eigenvalue weighted by Gasteiger charge is 2.22. The zero-order chi connectivity index (χ0) is 14.3. The number of halogens is 1. The Hall–Kier alpha value is -1.68. The molecule has 0 fully saturated rings. The Morgan fingerprint density at radius 3 is 2.58 bits per heavy atom. The molecule has 2 N–H and O–H groups in total. The lowest BCUT2D eigenvalue weighted by Crippen LogP contribution is -2.45. The molecule has 0 saturated carbocycles. The predicted molar refractivity (Wildman–Crippen MR) is 74.0 cm³/mol. The van der Waals surface area contributed by atoms with Gasteiger partial charge in [0.2, 0.25) is 5.91 Å². The number of aliphatic hydroxyl groups is 1. The van der Waals surface area contributed by atoms with Crippen molar-refractivity contribution in [2.24, 2.45) is 0 Å². The maximum Gasteiger partial charge on any atom is 0.244 e. The molecule has 0 heterocycles. The summed E-state index contributed by atoms with van der Waals surface area (Å²) >= 11 is 0. The molecule has 0 aromatic heterocycles. The van der Waals surface area contributed by atoms with Crippen molar-refractivity contribution in [3.8, 4) is 0 Å². The number of benzene rings is 1. The third kappa shape index (κ3) is 5.22. The fourth-order valence-corrected chi connectivity index (χ4v) is 1.66. The molecular weight excluding hydrogens is 245 g/mol. The van der Waals surface area contributed by atoms with E-state index in [0.717, 1.165) is 12.0 Å². The van der Waals surface area contributed by atoms with Crippen molar-refractivity contribution in [3.05, 3.63) is 41.7 Å². The van der Waals surface area contributed by atoms with E-state index in [9.17, 15) is 9.18 Å². The summed E-state index contributed by atoms with van der Waals surface area (Å²) in [4.78, 5) is 11.8. The van der Waals surface area contributed by atoms with Crippen LogP contribution < -0.4 is 5.32 Å². The fourth-order valence-electron chi connectivity index (χ4n) is 1.66. The molecule has 0 aliphatic rings. The van der Waals surface area contributed by atoms with Gasteiger partial charge in [0.25, 0.3) is 0 Å². The summed E-state index contributed by atoms with van der Waals surface area (Å²) in [5.41, 5.74) is 0.357. The van der Waals surface area contributed by atoms with E-state index in [-0.39, 0.29) is 18.3 Å². The lowest BCUT2D eigenvalue weighted by molar-refractivity contribution is -0.118. The van der Waals surface area contributed by atoms with Crippen molar-refractivity contribution >= 4 is 12.0 Å². The molecule has 1 atom stereocenters. The molecule has 1 unspecified atom stereocenters. The largest absolute Gasteiger partial charge is 0.396 e. The molecule has 1 aromatic carbocycles. The van der Waals surface area contributed by atoms with Crippen molar-refractivity contribution in [2.75, 3.05) is 6.61 Å². The first-order valence-corrected chi connectivity index (χ1v) is 6.36. The molecular formula is C15H20FNO2. The van der Waals surface area contributed by atoms with Crippen LogP contribution in [0.25, 0.3) is 6.08 Å². The first kappa shape index (κ1) is 15.4. The second kappa shape index (κ2) is 7.04. The van der Waals surface area contributed by atoms with E-state index in [2.05, 4.69) is 5.32 Å². The van der Waals surface area contributed by atoms with Gasteiger partial charge in [-0.05, 0) is 43.5 Å². The minimum Gasteiger partial charge on any atom is -0.396 e. The maximum atomic E-state index is 12.7. The molecule has 1 aromatic rings. The van der Waals surface area contributed by atoms with Crippen LogP contribution in [0.15, 0.2) is 30.3 Å². The molecule has 0 saturated heterocycles. The third-order valence-corrected chi connectivity index (χ3v) is 3.17. The van der Waals surface area contributed by atoms with Gasteiger partial charge in [-0.15, -0.1) is 0 Å². The van der Waals surface area contributed by atoms with E-state index in [1.807, 2.05) is 13.8 Å². The lowest BCUT2D eigenvalue weighted by Gasteiger charge is -2.28. The summed E-state index contributed by atoms with van der Waals surface area (Å²) in [5, 5.41) is 11.8. The average Bonchev–Trinajstić information content (AvgIpc) is 2.38. The Labute approximate surface area is 113 Å². The summed E-state index contributed by atoms with van der Waals surface area (Å²) in [6.07, 6.45) is 4.30. The van der Waals surface area contributed by atoms with Gasteiger partial charge >= 0.3 is 0 Å². The highest BCUT2D eigenvalue weighted by Crippen LogP contribution is 2.13. The van der Waals surface area contributed by atoms with Gasteiger partial charge in [0, 0.05) is 18.2 Å². The summed E-state index contributed by atoms with van der Waals surface area (Å²) in [6, 6.07) is 5.90. The van der Waals surface area contributed by atoms with Gasteiger partial charge in [0.05, 0.1) is 0 Å². The van der Waals surface area contributed by atoms with Crippen LogP contribution in [0.3, 0.4) is 0 Å². The number of carbonyl (C=O) groups excluding carboxylic acids is 1. The van der Waals surface area contributed by atoms with E-state index in [1.165, 1.54) is 18.2 Å². The van der Waals surface area contributed by atoms with Crippen LogP contribution in [0.4, 0.5) is 4.39 Å². The molecule has 0 spiro atoms. The van der Waals surface area contributed by atoms with Crippen LogP contribution in [-0.4, -0.2) is 23.2 Å². The second-order valence-electron chi connectivity index (χ2n) is 4.76. The van der Waals surface area contributed by atoms with Crippen molar-refractivity contribution < 1.29 is 14.3 Å². The fraction of sp³-hybridized carbons (Fsp3) is 0.400. The molecule has 4 heteroatoms. The van der Waals surface area contributed by atoms with Crippen LogP contribution in [0.2, 0.25) is 0 Å². The normalized spacial score (nSPS) is 14.3. The zero-order valence-corrected chi connectivity index (χ0v) is 11.3. The van der Waals surface area contributed by atoms with Crippen LogP contribution in [0.1, 0.15) is 32.3 Å². The minimum absolute atomic E-state index is 0.0340. The summed E-state index contributed by atoms with van der Waals surface area (Å²) in [5.74, 6) is -0.523. The van der Waals surface area contributed by atoms with E-state index in [1.54, 1.807) is 18.2 Å². The Bertz CT molecular complexity index is 442. The standard InChI is InChI=1S/C15H20FNO2/c1-3-15(2,10-11-18)17-14(19)9-6-12-4-7-13(16)8-5-12/h4-9,18H,3,10-11H2,1-2H3,(H,17,19)/b9-6+. The topological polar surface area (TPSA) is 49.3 Å². The number of amides is 1. The molecule has 0 radical (unpaired) electrons. The Morgan fingerprint density at radius 2 is 2.05 bits per heavy atom. The predicted octanol–water partition coefficient (Wildman–Crippen LogP) is 2.51. The SMILES string of the molecule is CCC(C)(CCO)NC(=O)/C=C/c1ccc(F)cc1. The molecule has 0 aliphatic heterocycles. The van der Waals surface area contributed by atoms with Crippen molar-refractivity contribution in [2.45, 2.75) is 32.2 Å². The first-order chi connectivity index (χ1) is 8.99. The number of nitrogens with one attached hydrogen (secondary N) is 1. The van der Waals surface area contributed by atoms with Crippen molar-refractivity contribution in [1.29, 1.82) is 0 Å². The van der Waals surface area contributed by atoms with Gasteiger partial charge in [-0.25, -0.2) is 4.39 Å². The molecule has 1 amide bonds. The molecule has 1 rings (SSSR count). The Kier molecular flexibility index (Phi) is 5.70. The molecule has 0 aliphatic carbocycles. The van der Waals surface area contributed by atoms with Gasteiger partial charge in [0.15, 0.2) is 0 Å². The van der Waals surface area contributed by atoms with Crippen molar-refractivity contribution in [3.63, 3.8) is 0 Å². The lowest BCUT2D eigenvalue weighted by atomic mass is 9.95. The minimum atomic E-state index is -0.404. The van der Waals surface area contributed by atoms with Gasteiger partial charge < -0.3 is 10.4 Å². The Balaban J connectivity index is 2.61. The van der Waals surface area contributed by atoms with E-state index in [0.29, 0.717) is 6.42 Å². The monoisotopic (exact) mass is 265 g/mol. The molecule has 3 nitrogen and oxygen atoms in total. The smallest absolute Gasteiger partial charge is 0.244 e. The number of rotatable bonds is 6. The van der Waals surface area contributed by atoms with Crippen molar-refractivity contribution in [1.82, 2.24) is 5.32 Å². The van der Waals surface area contributed by atoms with Crippen LogP contribution in [0, 0.1) is 5.82 Å². The number of hydrogen-bond acceptors (Lipinski definition) is 2. The van der Waals surface area contributed by atoms with Crippen LogP contribution in [-0.2, 0) is 4.79 Å². The van der Waals surface area contributed by atoms with E-state index in [4.69, 9.17) is 5.11 Å². The molecule has 104 valence electrons. The Morgan fingerprint density at radius 1 is 1.42 bits per heavy atom. The highest BCUT2D eigenvalue weighted by molar-refractivity contribution is 5.92. The number of aliphatic hydroxyl groups excluding tert-OH is 1. The summed E-state index contributed by atoms with van der Waals surface area (Å²) in [6.45, 7) is 3.89. The zero-order valence-electron chi connectivity index (χ0n) is 11.3. The van der Waals surface area contributed by atoms with Gasteiger partial charge in [-0.3, -0.25) is 4.79 Å². The summed E-state index contributed by atoms with van der Waals surface area (Å²) in [7, 11) is 0. The molecule has 0 bridgehead atoms. The van der Waals surface area contributed by atoms with Gasteiger partial charge in [-0.1, -0.05) is 19.1 Å². The maximum absolute atomic E-state index is 12.7. The van der Waals surface area contributed by atoms with Gasteiger partial charge in [0.1, 0.15) is 5.82 Å². The number of hydrogen-bond donors (Lipinski definition) is 2. The summed E-state index contributed by atoms with van der Waals surface area (Å²) < 4.78 is 12.7. The highest BCUT2D eigenvalue weighted by atomic mass is 19.1. The average molecular weight is 265 g/mol. The van der Waals surface area contributed by atoms with Gasteiger partial charge in [-0.2, -0.15) is 0 Å². The second-order valence-corrected chi connectivity index (χ2v) is 4.76. The van der Waals surface area contributed by atoms with Crippen LogP contribution >= 0.6 is 0 Å².